The van der Waals surface area contributed by atoms with Crippen molar-refractivity contribution in [2.45, 2.75) is 25.9 Å². The van der Waals surface area contributed by atoms with Crippen molar-refractivity contribution < 1.29 is 9.53 Å². The van der Waals surface area contributed by atoms with Gasteiger partial charge in [0, 0.05) is 58.4 Å². The number of carbonyl (C=O) groups excluding carboxylic acids is 1. The molecule has 0 saturated carbocycles. The van der Waals surface area contributed by atoms with Gasteiger partial charge in [-0.05, 0) is 31.0 Å². The average molecular weight is 388 g/mol. The van der Waals surface area contributed by atoms with Gasteiger partial charge in [-0.2, -0.15) is 0 Å². The van der Waals surface area contributed by atoms with Gasteiger partial charge < -0.3 is 19.9 Å². The van der Waals surface area contributed by atoms with E-state index in [2.05, 4.69) is 22.0 Å². The van der Waals surface area contributed by atoms with Crippen LogP contribution in [-0.2, 0) is 11.3 Å². The lowest BCUT2D eigenvalue weighted by Gasteiger charge is -2.32. The van der Waals surface area contributed by atoms with E-state index in [0.717, 1.165) is 57.5 Å². The third-order valence-corrected chi connectivity index (χ3v) is 5.38. The molecule has 1 amide bonds. The number of hydrogen-bond acceptors (Lipinski definition) is 4. The van der Waals surface area contributed by atoms with E-state index >= 15 is 0 Å². The first-order valence-corrected chi connectivity index (χ1v) is 10.2. The van der Waals surface area contributed by atoms with Crippen LogP contribution in [0.1, 0.15) is 29.3 Å². The van der Waals surface area contributed by atoms with Crippen LogP contribution in [0.2, 0.25) is 0 Å². The molecule has 154 valence electrons. The fourth-order valence-corrected chi connectivity index (χ4v) is 3.78. The quantitative estimate of drug-likeness (QED) is 0.609. The highest BCUT2D eigenvalue weighted by molar-refractivity contribution is 5.93. The van der Waals surface area contributed by atoms with Crippen LogP contribution in [0.5, 0.6) is 0 Å². The van der Waals surface area contributed by atoms with E-state index in [9.17, 15) is 4.79 Å². The summed E-state index contributed by atoms with van der Waals surface area (Å²) in [5.74, 6) is 1.00. The number of ether oxygens (including phenoxy) is 1. The maximum atomic E-state index is 12.0. The fraction of sp³-hybridized carbons (Fsp3) is 0.619. The Bertz CT molecular complexity index is 668. The minimum Gasteiger partial charge on any atom is -0.379 e. The van der Waals surface area contributed by atoms with Gasteiger partial charge in [0.1, 0.15) is 0 Å². The van der Waals surface area contributed by atoms with Gasteiger partial charge in [0.05, 0.1) is 19.8 Å². The minimum atomic E-state index is 0.0228. The van der Waals surface area contributed by atoms with Gasteiger partial charge in [0.15, 0.2) is 5.96 Å². The number of carbonyl (C=O) groups is 1. The van der Waals surface area contributed by atoms with Crippen molar-refractivity contribution >= 4 is 11.9 Å². The van der Waals surface area contributed by atoms with Crippen LogP contribution in [-0.4, -0.2) is 92.6 Å². The van der Waals surface area contributed by atoms with E-state index in [1.165, 1.54) is 6.42 Å². The number of nitrogens with zero attached hydrogens (tertiary/aromatic N) is 4. The van der Waals surface area contributed by atoms with Crippen molar-refractivity contribution in [2.75, 3.05) is 60.0 Å². The summed E-state index contributed by atoms with van der Waals surface area (Å²) in [7, 11) is 3.53. The van der Waals surface area contributed by atoms with Crippen LogP contribution in [0.4, 0.5) is 0 Å². The van der Waals surface area contributed by atoms with E-state index in [-0.39, 0.29) is 5.91 Å². The van der Waals surface area contributed by atoms with Crippen LogP contribution in [0, 0.1) is 0 Å². The molecule has 1 N–H and O–H groups in total. The van der Waals surface area contributed by atoms with Crippen molar-refractivity contribution in [1.82, 2.24) is 20.0 Å². The summed E-state index contributed by atoms with van der Waals surface area (Å²) in [6, 6.07) is 8.33. The SMILES string of the molecule is CCNC(=NCc1ccc(C(=O)N(C)C)cc1)N1CCC(N2CCOCC2)C1. The second-order valence-electron chi connectivity index (χ2n) is 7.60. The molecule has 0 radical (unpaired) electrons. The summed E-state index contributed by atoms with van der Waals surface area (Å²) < 4.78 is 5.48. The molecular formula is C21H33N5O2. The summed E-state index contributed by atoms with van der Waals surface area (Å²) in [4.78, 5) is 23.4. The Labute approximate surface area is 168 Å². The Kier molecular flexibility index (Phi) is 7.28. The molecule has 28 heavy (non-hydrogen) atoms. The molecule has 2 aliphatic heterocycles. The van der Waals surface area contributed by atoms with E-state index in [0.29, 0.717) is 18.2 Å². The van der Waals surface area contributed by atoms with E-state index < -0.39 is 0 Å². The lowest BCUT2D eigenvalue weighted by Crippen LogP contribution is -2.46. The zero-order valence-electron chi connectivity index (χ0n) is 17.4. The average Bonchev–Trinajstić information content (AvgIpc) is 3.21. The summed E-state index contributed by atoms with van der Waals surface area (Å²) in [6.07, 6.45) is 1.17. The maximum absolute atomic E-state index is 12.0. The molecule has 3 rings (SSSR count). The third kappa shape index (κ3) is 5.23. The van der Waals surface area contributed by atoms with E-state index in [4.69, 9.17) is 9.73 Å². The summed E-state index contributed by atoms with van der Waals surface area (Å²) in [5, 5.41) is 3.43. The van der Waals surface area contributed by atoms with Crippen molar-refractivity contribution in [3.05, 3.63) is 35.4 Å². The van der Waals surface area contributed by atoms with Gasteiger partial charge >= 0.3 is 0 Å². The first-order chi connectivity index (χ1) is 13.6. The van der Waals surface area contributed by atoms with Crippen LogP contribution in [0.15, 0.2) is 29.3 Å². The molecule has 0 spiro atoms. The van der Waals surface area contributed by atoms with Gasteiger partial charge in [-0.1, -0.05) is 12.1 Å². The van der Waals surface area contributed by atoms with Crippen LogP contribution >= 0.6 is 0 Å². The van der Waals surface area contributed by atoms with Crippen molar-refractivity contribution in [3.63, 3.8) is 0 Å². The lowest BCUT2D eigenvalue weighted by molar-refractivity contribution is 0.0195. The molecule has 2 saturated heterocycles. The van der Waals surface area contributed by atoms with Crippen LogP contribution in [0.3, 0.4) is 0 Å². The minimum absolute atomic E-state index is 0.0228. The predicted octanol–water partition coefficient (Wildman–Crippen LogP) is 1.26. The largest absolute Gasteiger partial charge is 0.379 e. The van der Waals surface area contributed by atoms with Gasteiger partial charge in [0.25, 0.3) is 5.91 Å². The molecule has 7 heteroatoms. The molecule has 0 aliphatic carbocycles. The molecule has 1 unspecified atom stereocenters. The molecule has 0 bridgehead atoms. The van der Waals surface area contributed by atoms with Crippen molar-refractivity contribution in [3.8, 4) is 0 Å². The molecule has 2 aliphatic rings. The Hall–Kier alpha value is -2.12. The monoisotopic (exact) mass is 387 g/mol. The number of hydrogen-bond donors (Lipinski definition) is 1. The van der Waals surface area contributed by atoms with Crippen LogP contribution in [0.25, 0.3) is 0 Å². The number of morpholine rings is 1. The van der Waals surface area contributed by atoms with Gasteiger partial charge in [-0.25, -0.2) is 4.99 Å². The predicted molar refractivity (Wildman–Crippen MR) is 112 cm³/mol. The fourth-order valence-electron chi connectivity index (χ4n) is 3.78. The highest BCUT2D eigenvalue weighted by Crippen LogP contribution is 2.17. The highest BCUT2D eigenvalue weighted by Gasteiger charge is 2.30. The summed E-state index contributed by atoms with van der Waals surface area (Å²) in [5.41, 5.74) is 1.81. The molecule has 2 fully saturated rings. The molecule has 2 heterocycles. The zero-order chi connectivity index (χ0) is 19.9. The van der Waals surface area contributed by atoms with Crippen molar-refractivity contribution in [1.29, 1.82) is 0 Å². The Morgan fingerprint density at radius 1 is 1.21 bits per heavy atom. The topological polar surface area (TPSA) is 60.4 Å². The van der Waals surface area contributed by atoms with E-state index in [1.54, 1.807) is 19.0 Å². The summed E-state index contributed by atoms with van der Waals surface area (Å²) >= 11 is 0. The number of amides is 1. The maximum Gasteiger partial charge on any atom is 0.253 e. The molecule has 1 atom stereocenters. The first kappa shape index (κ1) is 20.6. The molecule has 0 aromatic heterocycles. The normalized spacial score (nSPS) is 21.0. The molecule has 1 aromatic rings. The number of likely N-dealkylation sites (tertiary alicyclic amines) is 1. The molecule has 7 nitrogen and oxygen atoms in total. The number of aliphatic imine (C=N–C) groups is 1. The van der Waals surface area contributed by atoms with Gasteiger partial charge in [-0.3, -0.25) is 9.69 Å². The lowest BCUT2D eigenvalue weighted by atomic mass is 10.1. The van der Waals surface area contributed by atoms with E-state index in [1.807, 2.05) is 24.3 Å². The smallest absolute Gasteiger partial charge is 0.253 e. The molecule has 1 aromatic carbocycles. The van der Waals surface area contributed by atoms with Gasteiger partial charge in [0.2, 0.25) is 0 Å². The van der Waals surface area contributed by atoms with Gasteiger partial charge in [-0.15, -0.1) is 0 Å². The second kappa shape index (κ2) is 9.89. The number of nitrogens with one attached hydrogen (secondary N) is 1. The highest BCUT2D eigenvalue weighted by atomic mass is 16.5. The molecular weight excluding hydrogens is 354 g/mol. The number of rotatable bonds is 5. The number of benzene rings is 1. The number of guanidine groups is 1. The Morgan fingerprint density at radius 2 is 1.93 bits per heavy atom. The zero-order valence-corrected chi connectivity index (χ0v) is 17.4. The third-order valence-electron chi connectivity index (χ3n) is 5.38. The standard InChI is InChI=1S/C21H33N5O2/c1-4-22-21(26-10-9-19(16-26)25-11-13-28-14-12-25)23-15-17-5-7-18(8-6-17)20(27)24(2)3/h5-8,19H,4,9-16H2,1-3H3,(H,22,23). The Morgan fingerprint density at radius 3 is 2.57 bits per heavy atom. The van der Waals surface area contributed by atoms with Crippen molar-refractivity contribution in [2.24, 2.45) is 4.99 Å². The summed E-state index contributed by atoms with van der Waals surface area (Å²) in [6.45, 7) is 9.37. The first-order valence-electron chi connectivity index (χ1n) is 10.2. The Balaban J connectivity index is 1.60. The second-order valence-corrected chi connectivity index (χ2v) is 7.60. The van der Waals surface area contributed by atoms with Crippen LogP contribution < -0.4 is 5.32 Å².